The van der Waals surface area contributed by atoms with Crippen LogP contribution in [0.3, 0.4) is 0 Å². The number of nitrogens with zero attached hydrogens (tertiary/aromatic N) is 5. The van der Waals surface area contributed by atoms with E-state index in [0.29, 0.717) is 42.5 Å². The van der Waals surface area contributed by atoms with Gasteiger partial charge in [0.15, 0.2) is 5.82 Å². The normalized spacial score (nSPS) is 10.1. The third-order valence-corrected chi connectivity index (χ3v) is 3.51. The number of nitrogens with one attached hydrogen (secondary N) is 1. The van der Waals surface area contributed by atoms with Crippen molar-refractivity contribution < 1.29 is 14.3 Å². The first-order valence-corrected chi connectivity index (χ1v) is 7.48. The SMILES string of the molecule is CNCCC(=O)N(C)Cc1nnnn1-c1cc(OC)cc(OC)c1.Cl. The molecule has 1 heterocycles. The molecule has 2 aromatic rings. The first-order chi connectivity index (χ1) is 11.6. The van der Waals surface area contributed by atoms with E-state index in [9.17, 15) is 4.79 Å². The number of ether oxygens (including phenoxy) is 2. The lowest BCUT2D eigenvalue weighted by atomic mass is 10.2. The van der Waals surface area contributed by atoms with E-state index < -0.39 is 0 Å². The molecule has 138 valence electrons. The fraction of sp³-hybridized carbons (Fsp3) is 0.467. The molecule has 1 aromatic heterocycles. The summed E-state index contributed by atoms with van der Waals surface area (Å²) in [6, 6.07) is 5.36. The van der Waals surface area contributed by atoms with Gasteiger partial charge in [0.05, 0.1) is 26.5 Å². The van der Waals surface area contributed by atoms with Crippen molar-refractivity contribution >= 4 is 18.3 Å². The predicted molar refractivity (Wildman–Crippen MR) is 94.5 cm³/mol. The van der Waals surface area contributed by atoms with Crippen LogP contribution in [0.25, 0.3) is 5.69 Å². The molecule has 0 unspecified atom stereocenters. The quantitative estimate of drug-likeness (QED) is 0.729. The molecule has 0 bridgehead atoms. The second-order valence-electron chi connectivity index (χ2n) is 5.18. The van der Waals surface area contributed by atoms with Gasteiger partial charge in [0, 0.05) is 38.2 Å². The minimum absolute atomic E-state index is 0. The van der Waals surface area contributed by atoms with Crippen molar-refractivity contribution in [3.8, 4) is 17.2 Å². The zero-order valence-corrected chi connectivity index (χ0v) is 15.5. The first kappa shape index (κ1) is 20.7. The van der Waals surface area contributed by atoms with Crippen molar-refractivity contribution in [3.63, 3.8) is 0 Å². The lowest BCUT2D eigenvalue weighted by Crippen LogP contribution is -2.29. The number of carbonyl (C=O) groups excluding carboxylic acids is 1. The van der Waals surface area contributed by atoms with E-state index in [1.807, 2.05) is 7.05 Å². The summed E-state index contributed by atoms with van der Waals surface area (Å²) in [6.45, 7) is 0.927. The zero-order valence-electron chi connectivity index (χ0n) is 14.7. The summed E-state index contributed by atoms with van der Waals surface area (Å²) in [7, 11) is 6.69. The second kappa shape index (κ2) is 9.80. The van der Waals surface area contributed by atoms with E-state index in [1.54, 1.807) is 49.0 Å². The Hall–Kier alpha value is -2.39. The fourth-order valence-corrected chi connectivity index (χ4v) is 2.14. The molecular weight excluding hydrogens is 348 g/mol. The number of tetrazole rings is 1. The Kier molecular flexibility index (Phi) is 8.09. The highest BCUT2D eigenvalue weighted by Crippen LogP contribution is 2.25. The van der Waals surface area contributed by atoms with Gasteiger partial charge in [-0.1, -0.05) is 0 Å². The van der Waals surface area contributed by atoms with E-state index in [4.69, 9.17) is 9.47 Å². The molecule has 0 spiro atoms. The number of amides is 1. The molecule has 0 atom stereocenters. The Morgan fingerprint density at radius 2 is 1.88 bits per heavy atom. The summed E-state index contributed by atoms with van der Waals surface area (Å²) in [6.07, 6.45) is 0.418. The molecule has 1 aromatic carbocycles. The van der Waals surface area contributed by atoms with Crippen molar-refractivity contribution in [1.82, 2.24) is 30.4 Å². The summed E-state index contributed by atoms with van der Waals surface area (Å²) in [4.78, 5) is 13.6. The van der Waals surface area contributed by atoms with Crippen molar-refractivity contribution in [2.24, 2.45) is 0 Å². The van der Waals surface area contributed by atoms with Gasteiger partial charge < -0.3 is 19.7 Å². The summed E-state index contributed by atoms with van der Waals surface area (Å²) in [5.41, 5.74) is 0.697. The molecule has 25 heavy (non-hydrogen) atoms. The predicted octanol–water partition coefficient (Wildman–Crippen LogP) is 0.669. The maximum Gasteiger partial charge on any atom is 0.223 e. The van der Waals surface area contributed by atoms with Crippen LogP contribution in [0.5, 0.6) is 11.5 Å². The molecule has 0 aliphatic carbocycles. The Balaban J connectivity index is 0.00000312. The molecule has 0 saturated heterocycles. The molecular formula is C15H23ClN6O3. The van der Waals surface area contributed by atoms with Crippen LogP contribution in [0.2, 0.25) is 0 Å². The Bertz CT molecular complexity index is 671. The number of aromatic nitrogens is 4. The molecule has 0 aliphatic heterocycles. The maximum absolute atomic E-state index is 12.0. The highest BCUT2D eigenvalue weighted by molar-refractivity contribution is 5.85. The number of carbonyl (C=O) groups is 1. The number of rotatable bonds is 8. The molecule has 9 nitrogen and oxygen atoms in total. The van der Waals surface area contributed by atoms with Crippen LogP contribution < -0.4 is 14.8 Å². The monoisotopic (exact) mass is 370 g/mol. The first-order valence-electron chi connectivity index (χ1n) is 7.48. The lowest BCUT2D eigenvalue weighted by Gasteiger charge is -2.17. The van der Waals surface area contributed by atoms with Gasteiger partial charge in [-0.25, -0.2) is 0 Å². The smallest absolute Gasteiger partial charge is 0.223 e. The van der Waals surface area contributed by atoms with Gasteiger partial charge in [0.25, 0.3) is 0 Å². The molecule has 0 saturated carbocycles. The maximum atomic E-state index is 12.0. The summed E-state index contributed by atoms with van der Waals surface area (Å²) >= 11 is 0. The molecule has 0 aliphatic rings. The van der Waals surface area contributed by atoms with Crippen LogP contribution in [0, 0.1) is 0 Å². The number of hydrogen-bond donors (Lipinski definition) is 1. The minimum Gasteiger partial charge on any atom is -0.497 e. The molecule has 0 fully saturated rings. The van der Waals surface area contributed by atoms with Crippen LogP contribution >= 0.6 is 12.4 Å². The number of benzene rings is 1. The molecule has 1 amide bonds. The molecule has 2 rings (SSSR count). The highest BCUT2D eigenvalue weighted by Gasteiger charge is 2.16. The summed E-state index contributed by atoms with van der Waals surface area (Å²) in [5.74, 6) is 1.82. The van der Waals surface area contributed by atoms with Crippen molar-refractivity contribution in [2.45, 2.75) is 13.0 Å². The Morgan fingerprint density at radius 3 is 2.44 bits per heavy atom. The zero-order chi connectivity index (χ0) is 17.5. The fourth-order valence-electron chi connectivity index (χ4n) is 2.14. The van der Waals surface area contributed by atoms with E-state index in [-0.39, 0.29) is 18.3 Å². The second-order valence-corrected chi connectivity index (χ2v) is 5.18. The third kappa shape index (κ3) is 5.30. The van der Waals surface area contributed by atoms with Crippen molar-refractivity contribution in [3.05, 3.63) is 24.0 Å². The van der Waals surface area contributed by atoms with Gasteiger partial charge in [-0.3, -0.25) is 4.79 Å². The van der Waals surface area contributed by atoms with Gasteiger partial charge in [0.2, 0.25) is 5.91 Å². The minimum atomic E-state index is 0. The lowest BCUT2D eigenvalue weighted by molar-refractivity contribution is -0.130. The number of hydrogen-bond acceptors (Lipinski definition) is 7. The van der Waals surface area contributed by atoms with E-state index >= 15 is 0 Å². The van der Waals surface area contributed by atoms with Crippen molar-refractivity contribution in [1.29, 1.82) is 0 Å². The number of methoxy groups -OCH3 is 2. The highest BCUT2D eigenvalue weighted by atomic mass is 35.5. The molecule has 1 N–H and O–H groups in total. The topological polar surface area (TPSA) is 94.4 Å². The largest absolute Gasteiger partial charge is 0.497 e. The van der Waals surface area contributed by atoms with Crippen LogP contribution in [0.4, 0.5) is 0 Å². The van der Waals surface area contributed by atoms with Gasteiger partial charge in [-0.2, -0.15) is 4.68 Å². The standard InChI is InChI=1S/C15H22N6O3.ClH/c1-16-6-5-15(22)20(2)10-14-17-18-19-21(14)11-7-12(23-3)9-13(8-11)24-4;/h7-9,16H,5-6,10H2,1-4H3;1H. The van der Waals surface area contributed by atoms with Gasteiger partial charge >= 0.3 is 0 Å². The van der Waals surface area contributed by atoms with Crippen molar-refractivity contribution in [2.75, 3.05) is 34.9 Å². The third-order valence-electron chi connectivity index (χ3n) is 3.51. The Morgan fingerprint density at radius 1 is 1.24 bits per heavy atom. The summed E-state index contributed by atoms with van der Waals surface area (Å²) < 4.78 is 12.1. The van der Waals surface area contributed by atoms with E-state index in [1.165, 1.54) is 0 Å². The van der Waals surface area contributed by atoms with E-state index in [0.717, 1.165) is 0 Å². The molecule has 0 radical (unpaired) electrons. The van der Waals surface area contributed by atoms with Crippen LogP contribution in [-0.2, 0) is 11.3 Å². The van der Waals surface area contributed by atoms with Gasteiger partial charge in [-0.05, 0) is 17.5 Å². The van der Waals surface area contributed by atoms with Crippen LogP contribution in [0.1, 0.15) is 12.2 Å². The average molecular weight is 371 g/mol. The van der Waals surface area contributed by atoms with Gasteiger partial charge in [-0.15, -0.1) is 17.5 Å². The van der Waals surface area contributed by atoms with Gasteiger partial charge in [0.1, 0.15) is 11.5 Å². The van der Waals surface area contributed by atoms with E-state index in [2.05, 4.69) is 20.8 Å². The average Bonchev–Trinajstić information content (AvgIpc) is 3.07. The molecule has 10 heteroatoms. The Labute approximate surface area is 152 Å². The summed E-state index contributed by atoms with van der Waals surface area (Å²) in [5, 5.41) is 14.7. The van der Waals surface area contributed by atoms with Crippen LogP contribution in [-0.4, -0.2) is 65.9 Å². The number of halogens is 1. The van der Waals surface area contributed by atoms with Crippen LogP contribution in [0.15, 0.2) is 18.2 Å².